The third-order valence-corrected chi connectivity index (χ3v) is 6.82. The van der Waals surface area contributed by atoms with Crippen molar-refractivity contribution >= 4 is 28.8 Å². The first-order valence-corrected chi connectivity index (χ1v) is 10.8. The van der Waals surface area contributed by atoms with Crippen molar-refractivity contribution in [2.45, 2.75) is 32.6 Å². The topological polar surface area (TPSA) is 58.6 Å². The molecule has 1 aliphatic heterocycles. The summed E-state index contributed by atoms with van der Waals surface area (Å²) < 4.78 is 5.33. The molecule has 0 radical (unpaired) electrons. The second-order valence-corrected chi connectivity index (χ2v) is 8.58. The number of hydrogen-bond donors (Lipinski definition) is 1. The van der Waals surface area contributed by atoms with E-state index in [2.05, 4.69) is 24.4 Å². The minimum absolute atomic E-state index is 0.0423. The van der Waals surface area contributed by atoms with Crippen LogP contribution in [0.2, 0.25) is 0 Å². The van der Waals surface area contributed by atoms with Crippen LogP contribution in [-0.2, 0) is 28.8 Å². The summed E-state index contributed by atoms with van der Waals surface area (Å²) in [5, 5.41) is 3.05. The van der Waals surface area contributed by atoms with Crippen molar-refractivity contribution in [3.8, 4) is 0 Å². The van der Waals surface area contributed by atoms with Crippen LogP contribution in [0.15, 0.2) is 30.3 Å². The lowest BCUT2D eigenvalue weighted by molar-refractivity contribution is -0.120. The summed E-state index contributed by atoms with van der Waals surface area (Å²) in [6.45, 7) is 4.65. The number of aryl methyl sites for hydroxylation is 2. The van der Waals surface area contributed by atoms with Crippen LogP contribution in [0.25, 0.3) is 0 Å². The van der Waals surface area contributed by atoms with Crippen LogP contribution in [0.5, 0.6) is 0 Å². The number of hydrogen-bond acceptors (Lipinski definition) is 4. The average Bonchev–Trinajstić information content (AvgIpc) is 3.17. The molecule has 1 N–H and O–H groups in total. The van der Waals surface area contributed by atoms with Crippen molar-refractivity contribution in [3.63, 3.8) is 0 Å². The minimum atomic E-state index is -0.0423. The molecule has 5 nitrogen and oxygen atoms in total. The normalized spacial score (nSPS) is 19.2. The number of fused-ring (bicyclic) bond motifs is 1. The Morgan fingerprint density at radius 2 is 1.96 bits per heavy atom. The molecule has 1 aromatic carbocycles. The zero-order valence-electron chi connectivity index (χ0n) is 16.2. The van der Waals surface area contributed by atoms with Gasteiger partial charge in [0.25, 0.3) is 5.91 Å². The maximum absolute atomic E-state index is 12.7. The van der Waals surface area contributed by atoms with Gasteiger partial charge in [-0.3, -0.25) is 9.59 Å². The molecule has 148 valence electrons. The highest BCUT2D eigenvalue weighted by molar-refractivity contribution is 7.14. The molecule has 28 heavy (non-hydrogen) atoms. The Bertz CT molecular complexity index is 853. The number of anilines is 1. The molecule has 1 aliphatic carbocycles. The highest BCUT2D eigenvalue weighted by atomic mass is 32.1. The summed E-state index contributed by atoms with van der Waals surface area (Å²) in [4.78, 5) is 29.4. The molecule has 1 saturated heterocycles. The number of carbonyl (C=O) groups excluding carboxylic acids is 2. The van der Waals surface area contributed by atoms with Gasteiger partial charge in [0, 0.05) is 29.6 Å². The number of morpholine rings is 1. The molecular weight excluding hydrogens is 372 g/mol. The number of benzene rings is 1. The van der Waals surface area contributed by atoms with E-state index < -0.39 is 0 Å². The molecule has 6 heteroatoms. The molecule has 2 aliphatic rings. The van der Waals surface area contributed by atoms with Crippen molar-refractivity contribution in [1.29, 1.82) is 0 Å². The third-order valence-electron chi connectivity index (χ3n) is 5.59. The number of rotatable bonds is 4. The lowest BCUT2D eigenvalue weighted by atomic mass is 9.87. The molecule has 0 spiro atoms. The van der Waals surface area contributed by atoms with Crippen molar-refractivity contribution < 1.29 is 14.3 Å². The van der Waals surface area contributed by atoms with Gasteiger partial charge in [0.1, 0.15) is 0 Å². The fourth-order valence-electron chi connectivity index (χ4n) is 3.84. The van der Waals surface area contributed by atoms with E-state index in [1.54, 1.807) is 11.3 Å². The zero-order chi connectivity index (χ0) is 19.5. The molecule has 1 aromatic heterocycles. The number of thiophene rings is 1. The first kappa shape index (κ1) is 19.2. The van der Waals surface area contributed by atoms with Crippen molar-refractivity contribution in [3.05, 3.63) is 51.2 Å². The van der Waals surface area contributed by atoms with Crippen LogP contribution in [-0.4, -0.2) is 43.0 Å². The van der Waals surface area contributed by atoms with E-state index in [-0.39, 0.29) is 17.7 Å². The van der Waals surface area contributed by atoms with E-state index in [0.717, 1.165) is 35.4 Å². The standard InChI is InChI=1S/C22H26N2O3S/c1-2-15-3-6-18(7-4-15)23-21(25)16-5-8-19-17(13-16)14-20(28-19)22(26)24-9-11-27-12-10-24/h3-4,6-7,14,16H,2,5,8-13H2,1H3,(H,23,25)/t16-/m0/s1. The monoisotopic (exact) mass is 398 g/mol. The van der Waals surface area contributed by atoms with Crippen molar-refractivity contribution in [1.82, 2.24) is 4.90 Å². The lowest BCUT2D eigenvalue weighted by Gasteiger charge is -2.26. The SMILES string of the molecule is CCc1ccc(NC(=O)[C@H]2CCc3sc(C(=O)N4CCOCC4)cc3C2)cc1. The van der Waals surface area contributed by atoms with Crippen LogP contribution in [0.4, 0.5) is 5.69 Å². The maximum Gasteiger partial charge on any atom is 0.264 e. The molecule has 0 bridgehead atoms. The van der Waals surface area contributed by atoms with Gasteiger partial charge in [-0.05, 0) is 55.0 Å². The Morgan fingerprint density at radius 1 is 1.21 bits per heavy atom. The molecular formula is C22H26N2O3S. The Morgan fingerprint density at radius 3 is 2.68 bits per heavy atom. The van der Waals surface area contributed by atoms with Gasteiger partial charge in [-0.25, -0.2) is 0 Å². The molecule has 2 heterocycles. The van der Waals surface area contributed by atoms with E-state index in [4.69, 9.17) is 4.74 Å². The summed E-state index contributed by atoms with van der Waals surface area (Å²) >= 11 is 1.60. The molecule has 2 amide bonds. The Balaban J connectivity index is 1.40. The van der Waals surface area contributed by atoms with Crippen LogP contribution < -0.4 is 5.32 Å². The van der Waals surface area contributed by atoms with Gasteiger partial charge >= 0.3 is 0 Å². The highest BCUT2D eigenvalue weighted by Gasteiger charge is 2.29. The van der Waals surface area contributed by atoms with Crippen LogP contribution in [0, 0.1) is 5.92 Å². The van der Waals surface area contributed by atoms with E-state index in [0.29, 0.717) is 32.7 Å². The van der Waals surface area contributed by atoms with Crippen molar-refractivity contribution in [2.75, 3.05) is 31.6 Å². The van der Waals surface area contributed by atoms with Gasteiger partial charge in [0.2, 0.25) is 5.91 Å². The highest BCUT2D eigenvalue weighted by Crippen LogP contribution is 2.33. The fraction of sp³-hybridized carbons (Fsp3) is 0.455. The summed E-state index contributed by atoms with van der Waals surface area (Å²) in [6, 6.07) is 10.0. The number of nitrogens with zero attached hydrogens (tertiary/aromatic N) is 1. The number of carbonyl (C=O) groups is 2. The van der Waals surface area contributed by atoms with E-state index in [9.17, 15) is 9.59 Å². The number of nitrogens with one attached hydrogen (secondary N) is 1. The third kappa shape index (κ3) is 4.13. The van der Waals surface area contributed by atoms with Gasteiger partial charge in [-0.15, -0.1) is 11.3 Å². The van der Waals surface area contributed by atoms with Gasteiger partial charge in [0.05, 0.1) is 18.1 Å². The molecule has 0 unspecified atom stereocenters. The fourth-order valence-corrected chi connectivity index (χ4v) is 5.02. The van der Waals surface area contributed by atoms with Crippen LogP contribution in [0.1, 0.15) is 39.0 Å². The molecule has 4 rings (SSSR count). The summed E-state index contributed by atoms with van der Waals surface area (Å²) in [5.74, 6) is 0.126. The van der Waals surface area contributed by atoms with Crippen molar-refractivity contribution in [2.24, 2.45) is 5.92 Å². The predicted molar refractivity (Wildman–Crippen MR) is 111 cm³/mol. The second kappa shape index (κ2) is 8.45. The van der Waals surface area contributed by atoms with Crippen LogP contribution in [0.3, 0.4) is 0 Å². The van der Waals surface area contributed by atoms with Gasteiger partial charge in [0.15, 0.2) is 0 Å². The number of ether oxygens (including phenoxy) is 1. The zero-order valence-corrected chi connectivity index (χ0v) is 17.0. The smallest absolute Gasteiger partial charge is 0.264 e. The Kier molecular flexibility index (Phi) is 5.78. The first-order valence-electron chi connectivity index (χ1n) is 10.0. The average molecular weight is 399 g/mol. The van der Waals surface area contributed by atoms with Gasteiger partial charge < -0.3 is 15.0 Å². The minimum Gasteiger partial charge on any atom is -0.378 e. The van der Waals surface area contributed by atoms with Gasteiger partial charge in [-0.1, -0.05) is 19.1 Å². The van der Waals surface area contributed by atoms with Gasteiger partial charge in [-0.2, -0.15) is 0 Å². The van der Waals surface area contributed by atoms with E-state index >= 15 is 0 Å². The second-order valence-electron chi connectivity index (χ2n) is 7.44. The van der Waals surface area contributed by atoms with E-state index in [1.165, 1.54) is 10.4 Å². The maximum atomic E-state index is 12.7. The summed E-state index contributed by atoms with van der Waals surface area (Å²) in [6.07, 6.45) is 3.39. The first-order chi connectivity index (χ1) is 13.6. The van der Waals surface area contributed by atoms with E-state index in [1.807, 2.05) is 23.1 Å². The molecule has 1 fully saturated rings. The molecule has 1 atom stereocenters. The Labute approximate surface area is 169 Å². The molecule has 2 aromatic rings. The summed E-state index contributed by atoms with van der Waals surface area (Å²) in [7, 11) is 0. The number of amides is 2. The largest absolute Gasteiger partial charge is 0.378 e. The quantitative estimate of drug-likeness (QED) is 0.857. The Hall–Kier alpha value is -2.18. The van der Waals surface area contributed by atoms with Crippen LogP contribution >= 0.6 is 11.3 Å². The molecule has 0 saturated carbocycles. The predicted octanol–water partition coefficient (Wildman–Crippen LogP) is 3.53. The summed E-state index contributed by atoms with van der Waals surface area (Å²) in [5.41, 5.74) is 3.27. The lowest BCUT2D eigenvalue weighted by Crippen LogP contribution is -2.40.